The number of carboxylic acid groups (broad SMARTS) is 1. The number of amides is 1. The Labute approximate surface area is 149 Å². The van der Waals surface area contributed by atoms with Gasteiger partial charge in [-0.05, 0) is 37.3 Å². The minimum atomic E-state index is -0.775. The highest BCUT2D eigenvalue weighted by molar-refractivity contribution is 6.01. The van der Waals surface area contributed by atoms with Crippen LogP contribution < -0.4 is 0 Å². The van der Waals surface area contributed by atoms with Crippen LogP contribution in [0.1, 0.15) is 86.0 Å². The van der Waals surface area contributed by atoms with Crippen molar-refractivity contribution in [1.82, 2.24) is 4.90 Å². The number of fused-ring (bicyclic) bond motifs is 1. The van der Waals surface area contributed by atoms with Crippen molar-refractivity contribution < 1.29 is 14.7 Å². The van der Waals surface area contributed by atoms with Gasteiger partial charge in [-0.15, -0.1) is 0 Å². The quantitative estimate of drug-likeness (QED) is 0.870. The van der Waals surface area contributed by atoms with E-state index in [1.54, 1.807) is 0 Å². The Balaban J connectivity index is 1.88. The zero-order valence-corrected chi connectivity index (χ0v) is 14.7. The van der Waals surface area contributed by atoms with Crippen LogP contribution in [0.3, 0.4) is 0 Å². The molecule has 1 aromatic rings. The predicted octanol–water partition coefficient (Wildman–Crippen LogP) is 4.35. The third-order valence-electron chi connectivity index (χ3n) is 6.64. The number of aliphatic carboxylic acids is 1. The van der Waals surface area contributed by atoms with Crippen LogP contribution in [-0.4, -0.2) is 33.5 Å². The molecule has 1 aliphatic heterocycles. The fourth-order valence-electron chi connectivity index (χ4n) is 5.63. The van der Waals surface area contributed by atoms with Crippen LogP contribution in [0.15, 0.2) is 24.3 Å². The van der Waals surface area contributed by atoms with Gasteiger partial charge in [0.15, 0.2) is 0 Å². The monoisotopic (exact) mass is 341 g/mol. The zero-order valence-electron chi connectivity index (χ0n) is 14.7. The van der Waals surface area contributed by atoms with E-state index in [-0.39, 0.29) is 11.9 Å². The summed E-state index contributed by atoms with van der Waals surface area (Å²) in [7, 11) is 0. The summed E-state index contributed by atoms with van der Waals surface area (Å²) in [4.78, 5) is 27.9. The van der Waals surface area contributed by atoms with E-state index in [0.717, 1.165) is 63.4 Å². The molecule has 2 saturated carbocycles. The Hall–Kier alpha value is -1.84. The van der Waals surface area contributed by atoms with Gasteiger partial charge in [0.2, 0.25) is 0 Å². The molecule has 1 heterocycles. The van der Waals surface area contributed by atoms with Gasteiger partial charge in [0, 0.05) is 11.6 Å². The number of rotatable bonds is 2. The topological polar surface area (TPSA) is 57.6 Å². The van der Waals surface area contributed by atoms with E-state index in [2.05, 4.69) is 4.90 Å². The summed E-state index contributed by atoms with van der Waals surface area (Å²) in [5, 5.41) is 10.2. The number of nitrogens with zero attached hydrogens (tertiary/aromatic N) is 1. The normalized spacial score (nSPS) is 26.5. The minimum absolute atomic E-state index is 0.0712. The third-order valence-corrected chi connectivity index (χ3v) is 6.64. The summed E-state index contributed by atoms with van der Waals surface area (Å²) < 4.78 is 0. The molecule has 4 rings (SSSR count). The largest absolute Gasteiger partial charge is 0.481 e. The molecule has 1 aromatic carbocycles. The fraction of sp³-hybridized carbons (Fsp3) is 0.619. The van der Waals surface area contributed by atoms with Crippen LogP contribution in [-0.2, 0) is 4.79 Å². The molecule has 0 aromatic heterocycles. The average molecular weight is 341 g/mol. The zero-order chi connectivity index (χ0) is 17.4. The van der Waals surface area contributed by atoms with Crippen molar-refractivity contribution >= 4 is 11.9 Å². The number of carbonyl (C=O) groups excluding carboxylic acids is 1. The fourth-order valence-corrected chi connectivity index (χ4v) is 5.63. The van der Waals surface area contributed by atoms with Crippen LogP contribution in [0.4, 0.5) is 0 Å². The number of benzene rings is 1. The van der Waals surface area contributed by atoms with E-state index >= 15 is 0 Å². The summed E-state index contributed by atoms with van der Waals surface area (Å²) >= 11 is 0. The summed E-state index contributed by atoms with van der Waals surface area (Å²) in [6.45, 7) is 0. The molecule has 1 spiro atoms. The number of hydrogen-bond acceptors (Lipinski definition) is 2. The lowest BCUT2D eigenvalue weighted by Gasteiger charge is -2.56. The highest BCUT2D eigenvalue weighted by atomic mass is 16.4. The smallest absolute Gasteiger partial charge is 0.313 e. The second-order valence-corrected chi connectivity index (χ2v) is 7.99. The second-order valence-electron chi connectivity index (χ2n) is 7.99. The summed E-state index contributed by atoms with van der Waals surface area (Å²) in [5.41, 5.74) is 0.808. The number of carboxylic acids is 1. The van der Waals surface area contributed by atoms with Crippen LogP contribution >= 0.6 is 0 Å². The molecule has 1 N–H and O–H groups in total. The number of carbonyl (C=O) groups is 2. The molecule has 2 fully saturated rings. The van der Waals surface area contributed by atoms with Crippen LogP contribution in [0, 0.1) is 0 Å². The van der Waals surface area contributed by atoms with E-state index in [1.165, 1.54) is 6.42 Å². The van der Waals surface area contributed by atoms with Gasteiger partial charge >= 0.3 is 5.97 Å². The Bertz CT molecular complexity index is 671. The van der Waals surface area contributed by atoms with Crippen molar-refractivity contribution in [3.63, 3.8) is 0 Å². The lowest BCUT2D eigenvalue weighted by molar-refractivity contribution is -0.145. The van der Waals surface area contributed by atoms with Gasteiger partial charge in [0.1, 0.15) is 5.92 Å². The molecule has 0 radical (unpaired) electrons. The Morgan fingerprint density at radius 1 is 1.00 bits per heavy atom. The molecule has 0 bridgehead atoms. The van der Waals surface area contributed by atoms with Gasteiger partial charge < -0.3 is 10.0 Å². The first-order valence-electron chi connectivity index (χ1n) is 9.80. The molecule has 4 nitrogen and oxygen atoms in total. The molecule has 25 heavy (non-hydrogen) atoms. The minimum Gasteiger partial charge on any atom is -0.481 e. The molecule has 4 heteroatoms. The SMILES string of the molecule is O=C(O)[C@@H]1c2ccccc2C(=O)N(C2CCCCC2)C12CCCCC2. The van der Waals surface area contributed by atoms with Gasteiger partial charge in [-0.2, -0.15) is 0 Å². The van der Waals surface area contributed by atoms with Crippen molar-refractivity contribution in [3.05, 3.63) is 35.4 Å². The summed E-state index contributed by atoms with van der Waals surface area (Å²) in [6, 6.07) is 7.61. The predicted molar refractivity (Wildman–Crippen MR) is 95.7 cm³/mol. The van der Waals surface area contributed by atoms with Gasteiger partial charge in [-0.1, -0.05) is 56.7 Å². The van der Waals surface area contributed by atoms with Crippen molar-refractivity contribution in [2.45, 2.75) is 81.7 Å². The van der Waals surface area contributed by atoms with Crippen LogP contribution in [0.2, 0.25) is 0 Å². The molecule has 1 atom stereocenters. The molecule has 1 amide bonds. The second kappa shape index (κ2) is 6.47. The maximum absolute atomic E-state index is 13.5. The first-order valence-corrected chi connectivity index (χ1v) is 9.80. The maximum Gasteiger partial charge on any atom is 0.313 e. The molecule has 3 aliphatic rings. The summed E-state index contributed by atoms with van der Waals surface area (Å²) in [6.07, 6.45) is 10.4. The van der Waals surface area contributed by atoms with Crippen LogP contribution in [0.5, 0.6) is 0 Å². The first kappa shape index (κ1) is 16.6. The van der Waals surface area contributed by atoms with Crippen molar-refractivity contribution in [2.75, 3.05) is 0 Å². The maximum atomic E-state index is 13.5. The third kappa shape index (κ3) is 2.57. The van der Waals surface area contributed by atoms with Gasteiger partial charge in [0.25, 0.3) is 5.91 Å². The highest BCUT2D eigenvalue weighted by Crippen LogP contribution is 2.51. The van der Waals surface area contributed by atoms with E-state index in [4.69, 9.17) is 0 Å². The molecule has 0 unspecified atom stereocenters. The highest BCUT2D eigenvalue weighted by Gasteiger charge is 2.56. The van der Waals surface area contributed by atoms with E-state index in [1.807, 2.05) is 24.3 Å². The Morgan fingerprint density at radius 2 is 1.64 bits per heavy atom. The molecule has 134 valence electrons. The lowest BCUT2D eigenvalue weighted by Crippen LogP contribution is -2.64. The van der Waals surface area contributed by atoms with Gasteiger partial charge in [0.05, 0.1) is 5.54 Å². The molecule has 2 aliphatic carbocycles. The number of hydrogen-bond donors (Lipinski definition) is 1. The molecule has 0 saturated heterocycles. The summed E-state index contributed by atoms with van der Waals surface area (Å²) in [5.74, 6) is -1.30. The van der Waals surface area contributed by atoms with Crippen molar-refractivity contribution in [3.8, 4) is 0 Å². The Morgan fingerprint density at radius 3 is 2.32 bits per heavy atom. The first-order chi connectivity index (χ1) is 12.1. The standard InChI is InChI=1S/C21H27NO3/c23-19-17-12-6-5-11-16(17)18(20(24)25)21(13-7-2-8-14-21)22(19)15-9-3-1-4-10-15/h5-6,11-12,15,18H,1-4,7-10,13-14H2,(H,24,25)/t18-/m0/s1. The van der Waals surface area contributed by atoms with Crippen molar-refractivity contribution in [1.29, 1.82) is 0 Å². The molecular formula is C21H27NO3. The van der Waals surface area contributed by atoms with E-state index in [0.29, 0.717) is 5.56 Å². The van der Waals surface area contributed by atoms with Crippen LogP contribution in [0.25, 0.3) is 0 Å². The molecular weight excluding hydrogens is 314 g/mol. The van der Waals surface area contributed by atoms with E-state index < -0.39 is 17.4 Å². The Kier molecular flexibility index (Phi) is 4.30. The van der Waals surface area contributed by atoms with Gasteiger partial charge in [-0.25, -0.2) is 0 Å². The van der Waals surface area contributed by atoms with E-state index in [9.17, 15) is 14.7 Å². The lowest BCUT2D eigenvalue weighted by atomic mass is 9.64. The average Bonchev–Trinajstić information content (AvgIpc) is 2.63. The van der Waals surface area contributed by atoms with Crippen molar-refractivity contribution in [2.24, 2.45) is 0 Å². The van der Waals surface area contributed by atoms with Gasteiger partial charge in [-0.3, -0.25) is 9.59 Å².